The van der Waals surface area contributed by atoms with Crippen molar-refractivity contribution in [3.05, 3.63) is 0 Å². The predicted molar refractivity (Wildman–Crippen MR) is 58.6 cm³/mol. The molecule has 0 radical (unpaired) electrons. The first-order chi connectivity index (χ1) is 7.86. The Labute approximate surface area is 100 Å². The third kappa shape index (κ3) is 3.91. The van der Waals surface area contributed by atoms with Crippen molar-refractivity contribution in [1.82, 2.24) is 4.31 Å². The maximum atomic E-state index is 11.7. The molecule has 1 fully saturated rings. The average Bonchev–Trinajstić information content (AvgIpc) is 2.58. The minimum absolute atomic E-state index is 0.133. The molecule has 0 aromatic carbocycles. The summed E-state index contributed by atoms with van der Waals surface area (Å²) in [6, 6.07) is 0. The maximum absolute atomic E-state index is 11.7. The zero-order valence-electron chi connectivity index (χ0n) is 9.57. The largest absolute Gasteiger partial charge is 0.466 e. The molecule has 0 amide bonds. The Morgan fingerprint density at radius 2 is 1.88 bits per heavy atom. The minimum Gasteiger partial charge on any atom is -0.466 e. The van der Waals surface area contributed by atoms with Gasteiger partial charge in [-0.1, -0.05) is 0 Å². The Bertz CT molecular complexity index is 358. The second kappa shape index (κ2) is 5.76. The summed E-state index contributed by atoms with van der Waals surface area (Å²) in [5.41, 5.74) is 0. The first-order valence-electron chi connectivity index (χ1n) is 5.36. The van der Waals surface area contributed by atoms with Crippen molar-refractivity contribution >= 4 is 16.0 Å². The number of β-amino-alcohol motifs (C(OH)–C–C–N with tert-alkyl or cyclic N) is 2. The zero-order valence-corrected chi connectivity index (χ0v) is 10.4. The fourth-order valence-electron chi connectivity index (χ4n) is 1.54. The van der Waals surface area contributed by atoms with Gasteiger partial charge in [0.15, 0.2) is 0 Å². The van der Waals surface area contributed by atoms with Crippen LogP contribution >= 0.6 is 0 Å². The molecule has 2 atom stereocenters. The van der Waals surface area contributed by atoms with Crippen LogP contribution in [0.1, 0.15) is 13.3 Å². The maximum Gasteiger partial charge on any atom is 0.306 e. The van der Waals surface area contributed by atoms with E-state index in [4.69, 9.17) is 0 Å². The quantitative estimate of drug-likeness (QED) is 0.576. The van der Waals surface area contributed by atoms with Gasteiger partial charge in [0, 0.05) is 13.1 Å². The smallest absolute Gasteiger partial charge is 0.306 e. The van der Waals surface area contributed by atoms with E-state index in [2.05, 4.69) is 4.74 Å². The van der Waals surface area contributed by atoms with E-state index in [1.54, 1.807) is 6.92 Å². The molecule has 8 heteroatoms. The Morgan fingerprint density at radius 3 is 2.35 bits per heavy atom. The van der Waals surface area contributed by atoms with Gasteiger partial charge in [0.05, 0.1) is 31.0 Å². The highest BCUT2D eigenvalue weighted by Crippen LogP contribution is 2.15. The molecule has 7 nitrogen and oxygen atoms in total. The monoisotopic (exact) mass is 267 g/mol. The Morgan fingerprint density at radius 1 is 1.35 bits per heavy atom. The minimum atomic E-state index is -3.63. The first-order valence-corrected chi connectivity index (χ1v) is 6.97. The molecule has 0 bridgehead atoms. The van der Waals surface area contributed by atoms with Crippen LogP contribution in [0.3, 0.4) is 0 Å². The van der Waals surface area contributed by atoms with E-state index < -0.39 is 28.2 Å². The number of aliphatic hydroxyl groups excluding tert-OH is 2. The topological polar surface area (TPSA) is 104 Å². The van der Waals surface area contributed by atoms with Crippen LogP contribution in [0.15, 0.2) is 0 Å². The summed E-state index contributed by atoms with van der Waals surface area (Å²) in [6.07, 6.45) is -2.35. The molecule has 0 spiro atoms. The third-order valence-electron chi connectivity index (χ3n) is 2.49. The standard InChI is InChI=1S/C9H17NO6S/c1-2-16-9(13)3-4-17(14,15)10-5-7(11)8(12)6-10/h7-8,11-12H,2-6H2,1H3. The molecule has 0 saturated carbocycles. The van der Waals surface area contributed by atoms with Gasteiger partial charge < -0.3 is 14.9 Å². The number of ether oxygens (including phenoxy) is 1. The normalized spacial score (nSPS) is 26.1. The van der Waals surface area contributed by atoms with E-state index in [1.165, 1.54) is 0 Å². The summed E-state index contributed by atoms with van der Waals surface area (Å²) >= 11 is 0. The van der Waals surface area contributed by atoms with E-state index in [-0.39, 0.29) is 31.9 Å². The highest BCUT2D eigenvalue weighted by Gasteiger charge is 2.36. The predicted octanol–water partition coefficient (Wildman–Crippen LogP) is -1.69. The molecule has 2 N–H and O–H groups in total. The molecular weight excluding hydrogens is 250 g/mol. The highest BCUT2D eigenvalue weighted by atomic mass is 32.2. The van der Waals surface area contributed by atoms with E-state index in [1.807, 2.05) is 0 Å². The van der Waals surface area contributed by atoms with Gasteiger partial charge in [0.25, 0.3) is 0 Å². The number of carbonyl (C=O) groups excluding carboxylic acids is 1. The molecule has 100 valence electrons. The lowest BCUT2D eigenvalue weighted by atomic mass is 10.3. The molecule has 0 aliphatic carbocycles. The Balaban J connectivity index is 2.49. The number of rotatable bonds is 5. The van der Waals surface area contributed by atoms with Crippen molar-refractivity contribution < 1.29 is 28.2 Å². The number of hydrogen-bond acceptors (Lipinski definition) is 6. The first kappa shape index (κ1) is 14.4. The molecular formula is C9H17NO6S. The fraction of sp³-hybridized carbons (Fsp3) is 0.889. The molecule has 1 aliphatic rings. The SMILES string of the molecule is CCOC(=O)CCS(=O)(=O)N1CC(O)C(O)C1. The van der Waals surface area contributed by atoms with Crippen LogP contribution in [0.4, 0.5) is 0 Å². The van der Waals surface area contributed by atoms with Crippen LogP contribution in [-0.4, -0.2) is 66.6 Å². The summed E-state index contributed by atoms with van der Waals surface area (Å²) < 4.78 is 29.1. The van der Waals surface area contributed by atoms with Crippen LogP contribution in [0.25, 0.3) is 0 Å². The zero-order chi connectivity index (χ0) is 13.1. The fourth-order valence-corrected chi connectivity index (χ4v) is 2.98. The molecule has 2 unspecified atom stereocenters. The number of sulfonamides is 1. The molecule has 1 saturated heterocycles. The van der Waals surface area contributed by atoms with Crippen molar-refractivity contribution in [2.45, 2.75) is 25.6 Å². The highest BCUT2D eigenvalue weighted by molar-refractivity contribution is 7.89. The second-order valence-corrected chi connectivity index (χ2v) is 5.91. The number of esters is 1. The van der Waals surface area contributed by atoms with Gasteiger partial charge in [-0.05, 0) is 6.92 Å². The second-order valence-electron chi connectivity index (χ2n) is 3.82. The van der Waals surface area contributed by atoms with E-state index in [0.717, 1.165) is 4.31 Å². The van der Waals surface area contributed by atoms with Crippen molar-refractivity contribution in [3.63, 3.8) is 0 Å². The third-order valence-corrected chi connectivity index (χ3v) is 4.29. The van der Waals surface area contributed by atoms with Crippen molar-refractivity contribution in [2.75, 3.05) is 25.4 Å². The summed E-state index contributed by atoms with van der Waals surface area (Å²) in [7, 11) is -3.63. The molecule has 17 heavy (non-hydrogen) atoms. The Hall–Kier alpha value is -0.700. The number of nitrogens with zero attached hydrogens (tertiary/aromatic N) is 1. The van der Waals surface area contributed by atoms with Crippen molar-refractivity contribution in [1.29, 1.82) is 0 Å². The molecule has 1 heterocycles. The molecule has 1 rings (SSSR count). The van der Waals surface area contributed by atoms with Gasteiger partial charge in [0.2, 0.25) is 10.0 Å². The average molecular weight is 267 g/mol. The number of hydrogen-bond donors (Lipinski definition) is 2. The van der Waals surface area contributed by atoms with E-state index in [0.29, 0.717) is 0 Å². The lowest BCUT2D eigenvalue weighted by Gasteiger charge is -2.14. The van der Waals surface area contributed by atoms with Crippen molar-refractivity contribution in [3.8, 4) is 0 Å². The van der Waals surface area contributed by atoms with Gasteiger partial charge in [-0.15, -0.1) is 0 Å². The van der Waals surface area contributed by atoms with Crippen LogP contribution < -0.4 is 0 Å². The van der Waals surface area contributed by atoms with Crippen LogP contribution in [0, 0.1) is 0 Å². The van der Waals surface area contributed by atoms with Crippen LogP contribution in [0.5, 0.6) is 0 Å². The van der Waals surface area contributed by atoms with Gasteiger partial charge in [-0.3, -0.25) is 4.79 Å². The molecule has 1 aliphatic heterocycles. The van der Waals surface area contributed by atoms with Crippen LogP contribution in [-0.2, 0) is 19.6 Å². The van der Waals surface area contributed by atoms with Gasteiger partial charge in [-0.25, -0.2) is 8.42 Å². The lowest BCUT2D eigenvalue weighted by molar-refractivity contribution is -0.142. The van der Waals surface area contributed by atoms with E-state index >= 15 is 0 Å². The summed E-state index contributed by atoms with van der Waals surface area (Å²) in [5, 5.41) is 18.5. The summed E-state index contributed by atoms with van der Waals surface area (Å²) in [6.45, 7) is 1.58. The van der Waals surface area contributed by atoms with Crippen molar-refractivity contribution in [2.24, 2.45) is 0 Å². The molecule has 0 aromatic rings. The number of carbonyl (C=O) groups is 1. The summed E-state index contributed by atoms with van der Waals surface area (Å²) in [5.74, 6) is -0.943. The summed E-state index contributed by atoms with van der Waals surface area (Å²) in [4.78, 5) is 11.0. The molecule has 0 aromatic heterocycles. The van der Waals surface area contributed by atoms with Gasteiger partial charge in [0.1, 0.15) is 0 Å². The van der Waals surface area contributed by atoms with Gasteiger partial charge in [-0.2, -0.15) is 4.31 Å². The number of aliphatic hydroxyl groups is 2. The van der Waals surface area contributed by atoms with Crippen LogP contribution in [0.2, 0.25) is 0 Å². The lowest BCUT2D eigenvalue weighted by Crippen LogP contribution is -2.33. The Kier molecular flexibility index (Phi) is 4.87. The van der Waals surface area contributed by atoms with Gasteiger partial charge >= 0.3 is 5.97 Å². The van der Waals surface area contributed by atoms with E-state index in [9.17, 15) is 23.4 Å².